The fourth-order valence-corrected chi connectivity index (χ4v) is 6.65. The highest BCUT2D eigenvalue weighted by Gasteiger charge is 2.35. The number of para-hydroxylation sites is 1. The van der Waals surface area contributed by atoms with Gasteiger partial charge >= 0.3 is 12.1 Å². The third-order valence-corrected chi connectivity index (χ3v) is 9.92. The fourth-order valence-electron chi connectivity index (χ4n) is 6.52. The number of ether oxygens (including phenoxy) is 1. The smallest absolute Gasteiger partial charge is 0.408 e. The van der Waals surface area contributed by atoms with E-state index in [1.807, 2.05) is 24.3 Å². The quantitative estimate of drug-likeness (QED) is 0.0467. The molecule has 4 rings (SSSR count). The van der Waals surface area contributed by atoms with Crippen molar-refractivity contribution < 1.29 is 43.4 Å². The van der Waals surface area contributed by atoms with Gasteiger partial charge in [-0.2, -0.15) is 0 Å². The second kappa shape index (κ2) is 22.8. The maximum absolute atomic E-state index is 14.2. The van der Waals surface area contributed by atoms with E-state index in [0.29, 0.717) is 22.6 Å². The topological polar surface area (TPSA) is 242 Å². The van der Waals surface area contributed by atoms with Gasteiger partial charge in [0.05, 0.1) is 6.42 Å². The number of hydrogen-bond acceptors (Lipinski definition) is 8. The van der Waals surface area contributed by atoms with Crippen LogP contribution in [0.2, 0.25) is 5.02 Å². The van der Waals surface area contributed by atoms with Gasteiger partial charge in [-0.05, 0) is 81.0 Å². The van der Waals surface area contributed by atoms with Crippen molar-refractivity contribution in [2.24, 2.45) is 5.73 Å². The number of halogens is 1. The molecule has 16 nitrogen and oxygen atoms in total. The van der Waals surface area contributed by atoms with Gasteiger partial charge in [0, 0.05) is 54.6 Å². The van der Waals surface area contributed by atoms with E-state index in [1.165, 1.54) is 13.1 Å². The van der Waals surface area contributed by atoms with Crippen LogP contribution in [-0.2, 0) is 46.3 Å². The third kappa shape index (κ3) is 15.4. The summed E-state index contributed by atoms with van der Waals surface area (Å²) in [6.45, 7) is 5.20. The lowest BCUT2D eigenvalue weighted by molar-refractivity contribution is -0.146. The minimum Gasteiger partial charge on any atom is -0.481 e. The first kappa shape index (κ1) is 48.0. The van der Waals surface area contributed by atoms with E-state index >= 15 is 0 Å². The molecule has 0 unspecified atom stereocenters. The molecule has 0 radical (unpaired) electrons. The number of amides is 6. The zero-order valence-electron chi connectivity index (χ0n) is 35.1. The lowest BCUT2D eigenvalue weighted by atomic mass is 10.0. The summed E-state index contributed by atoms with van der Waals surface area (Å²) < 4.78 is 5.46. The first-order chi connectivity index (χ1) is 29.4. The van der Waals surface area contributed by atoms with Gasteiger partial charge in [-0.1, -0.05) is 72.3 Å². The molecular formula is C45H54ClN7O9. The number of carbonyl (C=O) groups is 7. The highest BCUT2D eigenvalue weighted by molar-refractivity contribution is 6.30. The Morgan fingerprint density at radius 2 is 1.48 bits per heavy atom. The first-order valence-electron chi connectivity index (χ1n) is 20.1. The maximum Gasteiger partial charge on any atom is 0.408 e. The number of primary amides is 1. The Hall–Kier alpha value is -6.68. The Balaban J connectivity index is 1.55. The normalized spacial score (nSPS) is 13.3. The van der Waals surface area contributed by atoms with Crippen LogP contribution in [0.4, 0.5) is 4.79 Å². The largest absolute Gasteiger partial charge is 0.481 e. The van der Waals surface area contributed by atoms with E-state index in [1.54, 1.807) is 87.6 Å². The highest BCUT2D eigenvalue weighted by atomic mass is 35.5. The molecule has 0 fully saturated rings. The van der Waals surface area contributed by atoms with E-state index in [9.17, 15) is 38.7 Å². The Morgan fingerprint density at radius 1 is 0.839 bits per heavy atom. The zero-order chi connectivity index (χ0) is 45.4. The number of fused-ring (bicyclic) bond motifs is 1. The number of unbranched alkanes of at least 4 members (excludes halogenated alkanes) is 1. The van der Waals surface area contributed by atoms with Crippen molar-refractivity contribution in [2.45, 2.75) is 89.1 Å². The van der Waals surface area contributed by atoms with Crippen molar-refractivity contribution in [3.05, 3.63) is 113 Å². The molecule has 0 aliphatic heterocycles. The molecule has 0 aliphatic rings. The summed E-state index contributed by atoms with van der Waals surface area (Å²) >= 11 is 5.93. The Bertz CT molecular complexity index is 2220. The van der Waals surface area contributed by atoms with Gasteiger partial charge in [0.15, 0.2) is 0 Å². The highest BCUT2D eigenvalue weighted by Crippen LogP contribution is 2.20. The number of likely N-dealkylation sites (N-methyl/N-ethyl adjacent to an activating group) is 1. The summed E-state index contributed by atoms with van der Waals surface area (Å²) in [5.74, 6) is -5.20. The number of aromatic amines is 1. The molecule has 330 valence electrons. The predicted octanol–water partition coefficient (Wildman–Crippen LogP) is 4.26. The molecule has 3 aromatic carbocycles. The van der Waals surface area contributed by atoms with Crippen LogP contribution in [0.5, 0.6) is 0 Å². The molecule has 1 heterocycles. The van der Waals surface area contributed by atoms with E-state index in [2.05, 4.69) is 26.3 Å². The standard InChI is InChI=1S/C45H54ClN7O9/c1-45(2,3)62-44(61)52-35(25-30-27-49-33-15-9-8-14-32(30)33)42(59)50-34(16-10-11-23-48-38(54)22-19-28-17-20-31(46)21-18-28)41(58)51-36(26-39(55)56)43(60)53(4)37(40(47)57)24-29-12-6-5-7-13-29/h5-9,12-15,17-22,27,34-37,49H,10-11,16,23-26H2,1-4H3,(H2,47,57)(H,48,54)(H,50,59)(H,51,58)(H,52,61)(H,55,56)/b22-19+/t34-,35-,36-,37-/m0/s1. The van der Waals surface area contributed by atoms with Crippen LogP contribution in [0, 0.1) is 0 Å². The molecule has 6 amide bonds. The zero-order valence-corrected chi connectivity index (χ0v) is 35.9. The number of alkyl carbamates (subject to hydrolysis) is 1. The van der Waals surface area contributed by atoms with E-state index in [4.69, 9.17) is 22.1 Å². The van der Waals surface area contributed by atoms with Crippen molar-refractivity contribution in [3.8, 4) is 0 Å². The Kier molecular flexibility index (Phi) is 17.6. The average molecular weight is 872 g/mol. The van der Waals surface area contributed by atoms with Crippen LogP contribution in [0.1, 0.15) is 63.1 Å². The summed E-state index contributed by atoms with van der Waals surface area (Å²) in [6, 6.07) is 17.6. The first-order valence-corrected chi connectivity index (χ1v) is 20.5. The minimum absolute atomic E-state index is 0.0140. The molecule has 0 saturated heterocycles. The van der Waals surface area contributed by atoms with Gasteiger partial charge in [0.1, 0.15) is 29.8 Å². The molecule has 4 aromatic rings. The molecule has 1 aromatic heterocycles. The maximum atomic E-state index is 14.2. The SMILES string of the molecule is CN(C(=O)[C@H](CC(=O)O)NC(=O)[C@H](CCCCNC(=O)/C=C/c1ccc(Cl)cc1)NC(=O)[C@H](Cc1c[nH]c2ccccc12)NC(=O)OC(C)(C)C)[C@@H](Cc1ccccc1)C(N)=O. The molecule has 0 spiro atoms. The molecule has 4 atom stereocenters. The van der Waals surface area contributed by atoms with Gasteiger partial charge in [-0.3, -0.25) is 28.8 Å². The Labute approximate surface area is 365 Å². The van der Waals surface area contributed by atoms with Crippen LogP contribution < -0.4 is 27.0 Å². The lowest BCUT2D eigenvalue weighted by Gasteiger charge is -2.30. The third-order valence-electron chi connectivity index (χ3n) is 9.66. The number of aromatic nitrogens is 1. The molecule has 8 N–H and O–H groups in total. The number of carbonyl (C=O) groups excluding carboxylic acids is 6. The summed E-state index contributed by atoms with van der Waals surface area (Å²) in [7, 11) is 1.29. The monoisotopic (exact) mass is 871 g/mol. The number of rotatable bonds is 21. The van der Waals surface area contributed by atoms with E-state index in [-0.39, 0.29) is 38.1 Å². The van der Waals surface area contributed by atoms with Crippen molar-refractivity contribution in [1.82, 2.24) is 31.2 Å². The molecule has 0 aliphatic carbocycles. The summed E-state index contributed by atoms with van der Waals surface area (Å²) in [6.07, 6.45) is 3.58. The number of carboxylic acid groups (broad SMARTS) is 1. The second-order valence-corrected chi connectivity index (χ2v) is 16.1. The summed E-state index contributed by atoms with van der Waals surface area (Å²) in [5, 5.41) is 21.7. The number of nitrogens with zero attached hydrogens (tertiary/aromatic N) is 1. The van der Waals surface area contributed by atoms with E-state index < -0.39 is 71.9 Å². The molecule has 0 saturated carbocycles. The summed E-state index contributed by atoms with van der Waals surface area (Å²) in [5.41, 5.74) is 7.73. The molecule has 17 heteroatoms. The van der Waals surface area contributed by atoms with Crippen LogP contribution >= 0.6 is 11.6 Å². The predicted molar refractivity (Wildman–Crippen MR) is 235 cm³/mol. The number of nitrogens with two attached hydrogens (primary N) is 1. The minimum atomic E-state index is -1.67. The average Bonchev–Trinajstić information content (AvgIpc) is 3.62. The number of benzene rings is 3. The van der Waals surface area contributed by atoms with Gasteiger partial charge in [0.2, 0.25) is 29.5 Å². The fraction of sp³-hybridized carbons (Fsp3) is 0.356. The molecule has 0 bridgehead atoms. The van der Waals surface area contributed by atoms with Crippen LogP contribution in [0.15, 0.2) is 91.1 Å². The number of hydrogen-bond donors (Lipinski definition) is 7. The summed E-state index contributed by atoms with van der Waals surface area (Å²) in [4.78, 5) is 96.6. The van der Waals surface area contributed by atoms with Gasteiger partial charge < -0.3 is 46.7 Å². The van der Waals surface area contributed by atoms with Crippen LogP contribution in [-0.4, -0.2) is 99.9 Å². The number of H-pyrrole nitrogens is 1. The number of aliphatic carboxylic acids is 1. The lowest BCUT2D eigenvalue weighted by Crippen LogP contribution is -2.59. The van der Waals surface area contributed by atoms with Crippen molar-refractivity contribution in [1.29, 1.82) is 0 Å². The molecular weight excluding hydrogens is 818 g/mol. The second-order valence-electron chi connectivity index (χ2n) is 15.7. The van der Waals surface area contributed by atoms with Gasteiger partial charge in [-0.15, -0.1) is 0 Å². The van der Waals surface area contributed by atoms with Crippen LogP contribution in [0.25, 0.3) is 17.0 Å². The van der Waals surface area contributed by atoms with Crippen molar-refractivity contribution in [2.75, 3.05) is 13.6 Å². The van der Waals surface area contributed by atoms with Gasteiger partial charge in [0.25, 0.3) is 0 Å². The number of nitrogens with one attached hydrogen (secondary N) is 5. The van der Waals surface area contributed by atoms with E-state index in [0.717, 1.165) is 21.4 Å². The molecule has 62 heavy (non-hydrogen) atoms. The van der Waals surface area contributed by atoms with Crippen molar-refractivity contribution in [3.63, 3.8) is 0 Å². The Morgan fingerprint density at radius 3 is 2.15 bits per heavy atom. The van der Waals surface area contributed by atoms with Crippen LogP contribution in [0.3, 0.4) is 0 Å². The van der Waals surface area contributed by atoms with Crippen molar-refractivity contribution >= 4 is 70.2 Å². The number of carboxylic acids is 1. The van der Waals surface area contributed by atoms with Gasteiger partial charge in [-0.25, -0.2) is 4.79 Å².